The van der Waals surface area contributed by atoms with Gasteiger partial charge in [-0.25, -0.2) is 0 Å². The van der Waals surface area contributed by atoms with Gasteiger partial charge in [-0.1, -0.05) is 42.5 Å². The Balaban J connectivity index is 0.000000980. The summed E-state index contributed by atoms with van der Waals surface area (Å²) in [6.45, 7) is 1.60. The average Bonchev–Trinajstić information content (AvgIpc) is 2.17. The molecule has 0 aromatic heterocycles. The van der Waals surface area contributed by atoms with Crippen molar-refractivity contribution in [1.82, 2.24) is 0 Å². The Kier molecular flexibility index (Phi) is 4.48. The van der Waals surface area contributed by atoms with Crippen molar-refractivity contribution in [3.8, 4) is 0 Å². The summed E-state index contributed by atoms with van der Waals surface area (Å²) in [5, 5.41) is 2.16. The van der Waals surface area contributed by atoms with E-state index in [-0.39, 0.29) is 58.6 Å². The SMILES string of the molecule is CC(=O)c1cccc2ccccc12.[H-].[K+]. The quantitative estimate of drug-likeness (QED) is 0.484. The van der Waals surface area contributed by atoms with Gasteiger partial charge in [0, 0.05) is 5.56 Å². The molecule has 14 heavy (non-hydrogen) atoms. The first-order valence-electron chi connectivity index (χ1n) is 4.28. The van der Waals surface area contributed by atoms with E-state index in [2.05, 4.69) is 0 Å². The third-order valence-corrected chi connectivity index (χ3v) is 2.17. The number of hydrogen-bond donors (Lipinski definition) is 0. The number of Topliss-reactive ketones (excluding diaryl/α,β-unsaturated/α-hetero) is 1. The van der Waals surface area contributed by atoms with Crippen molar-refractivity contribution in [2.75, 3.05) is 0 Å². The van der Waals surface area contributed by atoms with Crippen molar-refractivity contribution in [3.05, 3.63) is 48.0 Å². The van der Waals surface area contributed by atoms with Crippen LogP contribution < -0.4 is 51.4 Å². The Morgan fingerprint density at radius 3 is 2.43 bits per heavy atom. The smallest absolute Gasteiger partial charge is 1.00 e. The van der Waals surface area contributed by atoms with E-state index in [9.17, 15) is 4.79 Å². The molecule has 0 heterocycles. The molecule has 2 heteroatoms. The summed E-state index contributed by atoms with van der Waals surface area (Å²) < 4.78 is 0. The molecule has 0 aliphatic heterocycles. The van der Waals surface area contributed by atoms with Crippen LogP contribution >= 0.6 is 0 Å². The normalized spacial score (nSPS) is 9.50. The van der Waals surface area contributed by atoms with E-state index in [0.717, 1.165) is 16.3 Å². The van der Waals surface area contributed by atoms with Gasteiger partial charge in [0.25, 0.3) is 0 Å². The van der Waals surface area contributed by atoms with E-state index in [1.54, 1.807) is 6.92 Å². The standard InChI is InChI=1S/C12H10O.K.H/c1-9(13)11-8-4-6-10-5-2-3-7-12(10)11;;/h2-8H,1H3;;/q;+1;-1. The van der Waals surface area contributed by atoms with E-state index in [1.807, 2.05) is 42.5 Å². The van der Waals surface area contributed by atoms with E-state index >= 15 is 0 Å². The Morgan fingerprint density at radius 1 is 1.07 bits per heavy atom. The maximum atomic E-state index is 11.3. The zero-order chi connectivity index (χ0) is 9.26. The zero-order valence-corrected chi connectivity index (χ0v) is 11.6. The van der Waals surface area contributed by atoms with Crippen LogP contribution in [0.15, 0.2) is 42.5 Å². The number of benzene rings is 2. The van der Waals surface area contributed by atoms with Gasteiger partial charge in [-0.3, -0.25) is 4.79 Å². The first-order valence-corrected chi connectivity index (χ1v) is 4.28. The number of rotatable bonds is 1. The minimum Gasteiger partial charge on any atom is -1.00 e. The summed E-state index contributed by atoms with van der Waals surface area (Å²) in [4.78, 5) is 11.3. The monoisotopic (exact) mass is 210 g/mol. The molecule has 2 rings (SSSR count). The number of ketones is 1. The molecule has 66 valence electrons. The van der Waals surface area contributed by atoms with Crippen LogP contribution in [-0.2, 0) is 0 Å². The predicted octanol–water partition coefficient (Wildman–Crippen LogP) is 0.159. The van der Waals surface area contributed by atoms with Gasteiger partial charge in [0.1, 0.15) is 0 Å². The first kappa shape index (κ1) is 12.1. The van der Waals surface area contributed by atoms with Crippen molar-refractivity contribution in [2.45, 2.75) is 6.92 Å². The van der Waals surface area contributed by atoms with Crippen LogP contribution in [0, 0.1) is 0 Å². The van der Waals surface area contributed by atoms with Crippen LogP contribution in [0.2, 0.25) is 0 Å². The van der Waals surface area contributed by atoms with Crippen LogP contribution in [0.5, 0.6) is 0 Å². The van der Waals surface area contributed by atoms with Crippen LogP contribution in [0.3, 0.4) is 0 Å². The van der Waals surface area contributed by atoms with Crippen LogP contribution in [-0.4, -0.2) is 5.78 Å². The minimum atomic E-state index is 0. The van der Waals surface area contributed by atoms with Gasteiger partial charge in [0.05, 0.1) is 0 Å². The van der Waals surface area contributed by atoms with Crippen LogP contribution in [0.1, 0.15) is 18.7 Å². The van der Waals surface area contributed by atoms with Gasteiger partial charge < -0.3 is 1.43 Å². The Bertz CT molecular complexity index is 463. The molecule has 0 amide bonds. The minimum absolute atomic E-state index is 0. The van der Waals surface area contributed by atoms with Gasteiger partial charge in [-0.15, -0.1) is 0 Å². The van der Waals surface area contributed by atoms with E-state index in [1.165, 1.54) is 0 Å². The van der Waals surface area contributed by atoms with Crippen LogP contribution in [0.4, 0.5) is 0 Å². The third kappa shape index (κ3) is 2.33. The molecule has 0 fully saturated rings. The summed E-state index contributed by atoms with van der Waals surface area (Å²) in [6, 6.07) is 13.7. The molecule has 0 aliphatic carbocycles. The van der Waals surface area contributed by atoms with Crippen molar-refractivity contribution in [1.29, 1.82) is 0 Å². The molecule has 0 atom stereocenters. The predicted molar refractivity (Wildman–Crippen MR) is 55.1 cm³/mol. The van der Waals surface area contributed by atoms with Gasteiger partial charge in [0.15, 0.2) is 5.78 Å². The van der Waals surface area contributed by atoms with Gasteiger partial charge in [-0.2, -0.15) is 0 Å². The molecule has 0 bridgehead atoms. The summed E-state index contributed by atoms with van der Waals surface area (Å²) in [7, 11) is 0. The molecule has 0 unspecified atom stereocenters. The molecule has 2 aromatic rings. The maximum absolute atomic E-state index is 11.3. The molecular formula is C12H11KO. The maximum Gasteiger partial charge on any atom is 1.00 e. The summed E-state index contributed by atoms with van der Waals surface area (Å²) >= 11 is 0. The van der Waals surface area contributed by atoms with Gasteiger partial charge in [-0.05, 0) is 17.7 Å². The summed E-state index contributed by atoms with van der Waals surface area (Å²) in [5.74, 6) is 0.122. The molecule has 0 saturated carbocycles. The second kappa shape index (κ2) is 5.19. The number of carbonyl (C=O) groups is 1. The van der Waals surface area contributed by atoms with Gasteiger partial charge in [0.2, 0.25) is 0 Å². The molecule has 0 N–H and O–H groups in total. The molecule has 2 aromatic carbocycles. The second-order valence-electron chi connectivity index (χ2n) is 3.08. The fourth-order valence-electron chi connectivity index (χ4n) is 1.53. The fraction of sp³-hybridized carbons (Fsp3) is 0.0833. The number of fused-ring (bicyclic) bond motifs is 1. The summed E-state index contributed by atoms with van der Waals surface area (Å²) in [6.07, 6.45) is 0. The summed E-state index contributed by atoms with van der Waals surface area (Å²) in [5.41, 5.74) is 0.804. The molecule has 0 radical (unpaired) electrons. The number of carbonyl (C=O) groups excluding carboxylic acids is 1. The molecule has 0 saturated heterocycles. The molecule has 1 nitrogen and oxygen atoms in total. The van der Waals surface area contributed by atoms with E-state index < -0.39 is 0 Å². The Hall–Kier alpha value is 0.00636. The zero-order valence-electron chi connectivity index (χ0n) is 9.45. The third-order valence-electron chi connectivity index (χ3n) is 2.17. The molecule has 0 aliphatic rings. The Morgan fingerprint density at radius 2 is 1.71 bits per heavy atom. The van der Waals surface area contributed by atoms with Gasteiger partial charge >= 0.3 is 51.4 Å². The van der Waals surface area contributed by atoms with Crippen LogP contribution in [0.25, 0.3) is 10.8 Å². The van der Waals surface area contributed by atoms with Crippen molar-refractivity contribution in [2.24, 2.45) is 0 Å². The fourth-order valence-corrected chi connectivity index (χ4v) is 1.53. The average molecular weight is 210 g/mol. The van der Waals surface area contributed by atoms with Crippen molar-refractivity contribution in [3.63, 3.8) is 0 Å². The Labute approximate surface area is 127 Å². The first-order chi connectivity index (χ1) is 6.29. The number of hydrogen-bond acceptors (Lipinski definition) is 1. The second-order valence-corrected chi connectivity index (χ2v) is 3.08. The molecule has 0 spiro atoms. The van der Waals surface area contributed by atoms with E-state index in [0.29, 0.717) is 0 Å². The topological polar surface area (TPSA) is 17.1 Å². The molecular weight excluding hydrogens is 199 g/mol. The van der Waals surface area contributed by atoms with Crippen molar-refractivity contribution < 1.29 is 57.6 Å². The van der Waals surface area contributed by atoms with E-state index in [4.69, 9.17) is 0 Å². The van der Waals surface area contributed by atoms with Crippen molar-refractivity contribution >= 4 is 16.6 Å². The largest absolute Gasteiger partial charge is 1.00 e.